The highest BCUT2D eigenvalue weighted by molar-refractivity contribution is 5.77. The topological polar surface area (TPSA) is 118 Å². The van der Waals surface area contributed by atoms with Crippen molar-refractivity contribution in [3.63, 3.8) is 0 Å². The Balaban J connectivity index is 3.64. The normalized spacial score (nSPS) is 14.6. The van der Waals surface area contributed by atoms with Crippen LogP contribution in [0.3, 0.4) is 0 Å². The molecule has 0 fully saturated rings. The van der Waals surface area contributed by atoms with Gasteiger partial charge in [0, 0.05) is 6.54 Å². The summed E-state index contributed by atoms with van der Waals surface area (Å²) in [4.78, 5) is 20.7. The smallest absolute Gasteiger partial charge is 0.323 e. The Kier molecular flexibility index (Phi) is 4.19. The van der Waals surface area contributed by atoms with Crippen LogP contribution >= 0.6 is 0 Å². The summed E-state index contributed by atoms with van der Waals surface area (Å²) < 4.78 is 0. The second kappa shape index (κ2) is 4.66. The first kappa shape index (κ1) is 11.7. The number of nitrogens with two attached hydrogens (primary N) is 2. The van der Waals surface area contributed by atoms with Crippen molar-refractivity contribution in [2.24, 2.45) is 11.5 Å². The van der Waals surface area contributed by atoms with Crippen LogP contribution in [0.2, 0.25) is 0 Å². The summed E-state index contributed by atoms with van der Waals surface area (Å²) >= 11 is 0. The molecule has 0 aliphatic heterocycles. The van der Waals surface area contributed by atoms with Crippen LogP contribution in [-0.2, 0) is 4.79 Å². The van der Waals surface area contributed by atoms with Crippen molar-refractivity contribution >= 4 is 12.0 Å². The van der Waals surface area contributed by atoms with Crippen LogP contribution in [0.1, 0.15) is 19.8 Å². The van der Waals surface area contributed by atoms with Gasteiger partial charge < -0.3 is 21.9 Å². The number of carboxylic acid groups (broad SMARTS) is 1. The Morgan fingerprint density at radius 3 is 2.46 bits per heavy atom. The lowest BCUT2D eigenvalue weighted by molar-refractivity contribution is -0.142. The number of rotatable bonds is 5. The van der Waals surface area contributed by atoms with E-state index in [2.05, 4.69) is 5.32 Å². The maximum atomic E-state index is 10.5. The Hall–Kier alpha value is -1.30. The predicted molar refractivity (Wildman–Crippen MR) is 47.0 cm³/mol. The van der Waals surface area contributed by atoms with E-state index < -0.39 is 17.5 Å². The zero-order chi connectivity index (χ0) is 10.5. The Labute approximate surface area is 76.3 Å². The number of urea groups is 1. The fourth-order valence-electron chi connectivity index (χ4n) is 0.774. The summed E-state index contributed by atoms with van der Waals surface area (Å²) in [5, 5.41) is 11.0. The lowest BCUT2D eigenvalue weighted by Gasteiger charge is -2.18. The second-order valence-corrected chi connectivity index (χ2v) is 3.12. The minimum absolute atomic E-state index is 0.294. The molecule has 0 saturated carbocycles. The molecule has 0 aliphatic rings. The number of hydrogen-bond acceptors (Lipinski definition) is 3. The van der Waals surface area contributed by atoms with E-state index in [1.54, 1.807) is 0 Å². The van der Waals surface area contributed by atoms with Gasteiger partial charge in [-0.3, -0.25) is 4.79 Å². The maximum Gasteiger partial charge on any atom is 0.323 e. The molecule has 0 aromatic heterocycles. The minimum atomic E-state index is -1.24. The first-order valence-corrected chi connectivity index (χ1v) is 3.92. The van der Waals surface area contributed by atoms with Gasteiger partial charge in [0.25, 0.3) is 0 Å². The van der Waals surface area contributed by atoms with Crippen LogP contribution in [-0.4, -0.2) is 29.2 Å². The highest BCUT2D eigenvalue weighted by Gasteiger charge is 2.26. The molecule has 0 spiro atoms. The van der Waals surface area contributed by atoms with Crippen molar-refractivity contribution in [2.45, 2.75) is 25.3 Å². The number of carboxylic acids is 1. The van der Waals surface area contributed by atoms with E-state index >= 15 is 0 Å². The van der Waals surface area contributed by atoms with E-state index in [1.807, 2.05) is 0 Å². The number of carbonyl (C=O) groups is 2. The minimum Gasteiger partial charge on any atom is -0.480 e. The molecular formula is C7H15N3O3. The van der Waals surface area contributed by atoms with E-state index in [9.17, 15) is 9.59 Å². The van der Waals surface area contributed by atoms with Gasteiger partial charge in [0.2, 0.25) is 0 Å². The lowest BCUT2D eigenvalue weighted by Crippen LogP contribution is -2.45. The third-order valence-electron chi connectivity index (χ3n) is 1.66. The maximum absolute atomic E-state index is 10.5. The van der Waals surface area contributed by atoms with Crippen molar-refractivity contribution in [2.75, 3.05) is 6.54 Å². The molecule has 76 valence electrons. The molecule has 6 nitrogen and oxygen atoms in total. The summed E-state index contributed by atoms with van der Waals surface area (Å²) in [7, 11) is 0. The van der Waals surface area contributed by atoms with E-state index in [4.69, 9.17) is 16.6 Å². The summed E-state index contributed by atoms with van der Waals surface area (Å²) in [5.74, 6) is -1.05. The molecule has 13 heavy (non-hydrogen) atoms. The van der Waals surface area contributed by atoms with E-state index in [1.165, 1.54) is 6.92 Å². The van der Waals surface area contributed by atoms with Crippen molar-refractivity contribution in [1.82, 2.24) is 5.32 Å². The predicted octanol–water partition coefficient (Wildman–Crippen LogP) is -0.763. The lowest BCUT2D eigenvalue weighted by atomic mass is 9.98. The van der Waals surface area contributed by atoms with Crippen molar-refractivity contribution < 1.29 is 14.7 Å². The molecule has 0 unspecified atom stereocenters. The van der Waals surface area contributed by atoms with Gasteiger partial charge >= 0.3 is 12.0 Å². The standard InChI is InChI=1S/C7H15N3O3/c1-7(9,5(11)12)3-2-4-10-6(8)13/h2-4,9H2,1H3,(H,11,12)(H3,8,10,13)/t7-/m1/s1. The summed E-state index contributed by atoms with van der Waals surface area (Å²) in [5.41, 5.74) is 9.00. The van der Waals surface area contributed by atoms with E-state index in [0.29, 0.717) is 19.4 Å². The molecule has 0 heterocycles. The van der Waals surface area contributed by atoms with E-state index in [0.717, 1.165) is 0 Å². The van der Waals surface area contributed by atoms with Crippen LogP contribution in [0.4, 0.5) is 4.79 Å². The van der Waals surface area contributed by atoms with Crippen molar-refractivity contribution in [3.05, 3.63) is 0 Å². The molecule has 2 amide bonds. The van der Waals surface area contributed by atoms with Crippen LogP contribution in [0.25, 0.3) is 0 Å². The number of primary amides is 1. The molecule has 0 radical (unpaired) electrons. The molecule has 1 atom stereocenters. The third kappa shape index (κ3) is 5.02. The average Bonchev–Trinajstić information content (AvgIpc) is 1.97. The number of nitrogens with one attached hydrogen (secondary N) is 1. The molecule has 0 aromatic carbocycles. The molecule has 6 N–H and O–H groups in total. The number of hydrogen-bond donors (Lipinski definition) is 4. The average molecular weight is 189 g/mol. The van der Waals surface area contributed by atoms with Gasteiger partial charge in [0.15, 0.2) is 0 Å². The summed E-state index contributed by atoms with van der Waals surface area (Å²) in [6.45, 7) is 1.77. The van der Waals surface area contributed by atoms with Gasteiger partial charge in [-0.1, -0.05) is 0 Å². The molecule has 0 rings (SSSR count). The van der Waals surface area contributed by atoms with Crippen LogP contribution in [0.5, 0.6) is 0 Å². The van der Waals surface area contributed by atoms with Crippen LogP contribution in [0.15, 0.2) is 0 Å². The van der Waals surface area contributed by atoms with Gasteiger partial charge in [-0.25, -0.2) is 4.79 Å². The quantitative estimate of drug-likeness (QED) is 0.425. The molecule has 0 aromatic rings. The van der Waals surface area contributed by atoms with Gasteiger partial charge in [-0.2, -0.15) is 0 Å². The van der Waals surface area contributed by atoms with Crippen molar-refractivity contribution in [1.29, 1.82) is 0 Å². The monoisotopic (exact) mass is 189 g/mol. The Morgan fingerprint density at radius 1 is 1.54 bits per heavy atom. The molecule has 0 aliphatic carbocycles. The largest absolute Gasteiger partial charge is 0.480 e. The number of amides is 2. The number of aliphatic carboxylic acids is 1. The summed E-state index contributed by atoms with van der Waals surface area (Å²) in [6, 6.07) is -0.617. The Bertz CT molecular complexity index is 203. The first-order chi connectivity index (χ1) is 5.86. The second-order valence-electron chi connectivity index (χ2n) is 3.12. The molecular weight excluding hydrogens is 174 g/mol. The van der Waals surface area contributed by atoms with Gasteiger partial charge in [-0.15, -0.1) is 0 Å². The highest BCUT2D eigenvalue weighted by atomic mass is 16.4. The fraction of sp³-hybridized carbons (Fsp3) is 0.714. The Morgan fingerprint density at radius 2 is 2.08 bits per heavy atom. The summed E-state index contributed by atoms with van der Waals surface area (Å²) in [6.07, 6.45) is 0.783. The van der Waals surface area contributed by atoms with Gasteiger partial charge in [0.1, 0.15) is 5.54 Å². The first-order valence-electron chi connectivity index (χ1n) is 3.92. The molecule has 6 heteroatoms. The number of carbonyl (C=O) groups excluding carboxylic acids is 1. The zero-order valence-electron chi connectivity index (χ0n) is 7.54. The van der Waals surface area contributed by atoms with E-state index in [-0.39, 0.29) is 0 Å². The van der Waals surface area contributed by atoms with Crippen molar-refractivity contribution in [3.8, 4) is 0 Å². The SMILES string of the molecule is C[C@@](N)(CCCNC(N)=O)C(=O)O. The zero-order valence-corrected chi connectivity index (χ0v) is 7.54. The van der Waals surface area contributed by atoms with Gasteiger partial charge in [0.05, 0.1) is 0 Å². The fourth-order valence-corrected chi connectivity index (χ4v) is 0.774. The highest BCUT2D eigenvalue weighted by Crippen LogP contribution is 2.07. The van der Waals surface area contributed by atoms with Crippen LogP contribution in [0, 0.1) is 0 Å². The molecule has 0 bridgehead atoms. The van der Waals surface area contributed by atoms with Crippen LogP contribution < -0.4 is 16.8 Å². The van der Waals surface area contributed by atoms with Gasteiger partial charge in [-0.05, 0) is 19.8 Å². The third-order valence-corrected chi connectivity index (χ3v) is 1.66. The molecule has 0 saturated heterocycles.